The number of sulfonamides is 1. The predicted octanol–water partition coefficient (Wildman–Crippen LogP) is 2.34. The summed E-state index contributed by atoms with van der Waals surface area (Å²) in [5.74, 6) is 1.43. The van der Waals surface area contributed by atoms with Crippen molar-refractivity contribution in [1.29, 1.82) is 0 Å². The minimum absolute atomic E-state index is 0.0723. The number of hydrogen-bond donors (Lipinski definition) is 1. The van der Waals surface area contributed by atoms with Gasteiger partial charge >= 0.3 is 0 Å². The summed E-state index contributed by atoms with van der Waals surface area (Å²) in [7, 11) is -3.72. The molecule has 1 aromatic carbocycles. The Balaban J connectivity index is 1.61. The van der Waals surface area contributed by atoms with Gasteiger partial charge in [0.15, 0.2) is 12.4 Å². The highest BCUT2D eigenvalue weighted by Crippen LogP contribution is 2.37. The van der Waals surface area contributed by atoms with E-state index in [1.165, 1.54) is 17.0 Å². The van der Waals surface area contributed by atoms with E-state index in [-0.39, 0.29) is 30.0 Å². The second-order valence-electron chi connectivity index (χ2n) is 7.51. The molecular formula is C19H24N4O5S. The van der Waals surface area contributed by atoms with Gasteiger partial charge in [-0.1, -0.05) is 18.5 Å². The maximum Gasteiger partial charge on any atom is 0.265 e. The Morgan fingerprint density at radius 3 is 2.83 bits per heavy atom. The van der Waals surface area contributed by atoms with Crippen LogP contribution in [-0.4, -0.2) is 37.1 Å². The van der Waals surface area contributed by atoms with Gasteiger partial charge in [-0.15, -0.1) is 0 Å². The van der Waals surface area contributed by atoms with E-state index in [0.29, 0.717) is 35.5 Å². The van der Waals surface area contributed by atoms with Gasteiger partial charge in [0.25, 0.3) is 5.91 Å². The quantitative estimate of drug-likeness (QED) is 0.731. The number of carbonyl (C=O) groups excluding carboxylic acids is 1. The molecule has 1 saturated carbocycles. The lowest BCUT2D eigenvalue weighted by Gasteiger charge is -2.29. The number of nitrogens with zero attached hydrogens (tertiary/aromatic N) is 3. The smallest absolute Gasteiger partial charge is 0.265 e. The molecule has 1 aliphatic heterocycles. The summed E-state index contributed by atoms with van der Waals surface area (Å²) < 4.78 is 38.7. The third-order valence-corrected chi connectivity index (χ3v) is 6.98. The summed E-state index contributed by atoms with van der Waals surface area (Å²) >= 11 is 0. The molecule has 29 heavy (non-hydrogen) atoms. The molecule has 1 atom stereocenters. The average Bonchev–Trinajstić information content (AvgIpc) is 3.09. The zero-order chi connectivity index (χ0) is 20.6. The fourth-order valence-corrected chi connectivity index (χ4v) is 4.58. The van der Waals surface area contributed by atoms with E-state index >= 15 is 0 Å². The number of nitrogens with one attached hydrogen (secondary N) is 1. The van der Waals surface area contributed by atoms with E-state index in [2.05, 4.69) is 14.9 Å². The first kappa shape index (κ1) is 19.8. The average molecular weight is 420 g/mol. The molecule has 4 rings (SSSR count). The van der Waals surface area contributed by atoms with Gasteiger partial charge in [0.1, 0.15) is 5.75 Å². The first-order chi connectivity index (χ1) is 13.9. The number of rotatable bonds is 7. The Bertz CT molecular complexity index is 1020. The Morgan fingerprint density at radius 1 is 1.34 bits per heavy atom. The molecule has 0 unspecified atom stereocenters. The minimum atomic E-state index is -3.72. The maximum atomic E-state index is 12.7. The highest BCUT2D eigenvalue weighted by molar-refractivity contribution is 7.89. The van der Waals surface area contributed by atoms with Crippen molar-refractivity contribution in [3.63, 3.8) is 0 Å². The summed E-state index contributed by atoms with van der Waals surface area (Å²) in [5.41, 5.74) is 0.378. The summed E-state index contributed by atoms with van der Waals surface area (Å²) in [6.45, 7) is 3.66. The lowest BCUT2D eigenvalue weighted by molar-refractivity contribution is -0.121. The molecule has 1 amide bonds. The van der Waals surface area contributed by atoms with E-state index < -0.39 is 10.0 Å². The Kier molecular flexibility index (Phi) is 5.30. The number of aromatic nitrogens is 2. The van der Waals surface area contributed by atoms with Crippen LogP contribution >= 0.6 is 0 Å². The molecule has 0 spiro atoms. The molecule has 0 bridgehead atoms. The van der Waals surface area contributed by atoms with Crippen LogP contribution in [0.3, 0.4) is 0 Å². The molecule has 1 fully saturated rings. The van der Waals surface area contributed by atoms with Crippen LogP contribution < -0.4 is 14.4 Å². The monoisotopic (exact) mass is 420 g/mol. The van der Waals surface area contributed by atoms with Gasteiger partial charge < -0.3 is 9.26 Å². The zero-order valence-electron chi connectivity index (χ0n) is 16.4. The van der Waals surface area contributed by atoms with Crippen molar-refractivity contribution in [2.75, 3.05) is 11.5 Å². The van der Waals surface area contributed by atoms with Crippen LogP contribution in [0.15, 0.2) is 27.6 Å². The highest BCUT2D eigenvalue weighted by Gasteiger charge is 2.31. The van der Waals surface area contributed by atoms with Crippen molar-refractivity contribution in [1.82, 2.24) is 14.9 Å². The van der Waals surface area contributed by atoms with Gasteiger partial charge in [-0.3, -0.25) is 9.69 Å². The number of fused-ring (bicyclic) bond motifs is 1. The standard InChI is InChI=1S/C19H24N4O5S/c1-3-12(2)22-29(25,26)14-7-8-16-15(9-14)23(18(24)11-27-16)10-17-20-19(28-21-17)13-5-4-6-13/h7-9,12-13,22H,3-6,10-11H2,1-2H3/t12-/m1/s1. The predicted molar refractivity (Wildman–Crippen MR) is 104 cm³/mol. The molecule has 9 nitrogen and oxygen atoms in total. The molecule has 156 valence electrons. The molecule has 0 radical (unpaired) electrons. The van der Waals surface area contributed by atoms with Crippen molar-refractivity contribution in [2.24, 2.45) is 0 Å². The lowest BCUT2D eigenvalue weighted by Crippen LogP contribution is -2.39. The third kappa shape index (κ3) is 3.99. The Morgan fingerprint density at radius 2 is 2.14 bits per heavy atom. The molecule has 1 N–H and O–H groups in total. The highest BCUT2D eigenvalue weighted by atomic mass is 32.2. The molecule has 10 heteroatoms. The Hall–Kier alpha value is -2.46. The molecule has 1 aromatic heterocycles. The summed E-state index contributed by atoms with van der Waals surface area (Å²) in [4.78, 5) is 18.4. The summed E-state index contributed by atoms with van der Waals surface area (Å²) in [6, 6.07) is 4.29. The number of anilines is 1. The molecule has 1 aliphatic carbocycles. The normalized spacial score (nSPS) is 18.1. The van der Waals surface area contributed by atoms with Gasteiger partial charge in [-0.05, 0) is 44.4 Å². The van der Waals surface area contributed by atoms with Crippen LogP contribution in [-0.2, 0) is 21.4 Å². The second-order valence-corrected chi connectivity index (χ2v) is 9.22. The van der Waals surface area contributed by atoms with Crippen LogP contribution in [0.4, 0.5) is 5.69 Å². The van der Waals surface area contributed by atoms with Gasteiger partial charge in [0.2, 0.25) is 15.9 Å². The summed E-state index contributed by atoms with van der Waals surface area (Å²) in [5, 5.41) is 3.99. The van der Waals surface area contributed by atoms with Crippen molar-refractivity contribution in [3.05, 3.63) is 29.9 Å². The second kappa shape index (κ2) is 7.75. The van der Waals surface area contributed by atoms with E-state index in [4.69, 9.17) is 9.26 Å². The number of benzene rings is 1. The van der Waals surface area contributed by atoms with Crippen LogP contribution in [0.1, 0.15) is 57.2 Å². The van der Waals surface area contributed by atoms with Gasteiger partial charge in [-0.25, -0.2) is 13.1 Å². The molecule has 2 aromatic rings. The topological polar surface area (TPSA) is 115 Å². The van der Waals surface area contributed by atoms with Crippen LogP contribution in [0.5, 0.6) is 5.75 Å². The van der Waals surface area contributed by atoms with Crippen molar-refractivity contribution in [2.45, 2.75) is 62.9 Å². The minimum Gasteiger partial charge on any atom is -0.482 e. The molecule has 2 aliphatic rings. The van der Waals surface area contributed by atoms with Crippen LogP contribution in [0.2, 0.25) is 0 Å². The maximum absolute atomic E-state index is 12.7. The number of ether oxygens (including phenoxy) is 1. The summed E-state index contributed by atoms with van der Waals surface area (Å²) in [6.07, 6.45) is 3.88. The van der Waals surface area contributed by atoms with Gasteiger partial charge in [-0.2, -0.15) is 4.98 Å². The van der Waals surface area contributed by atoms with Crippen molar-refractivity contribution < 1.29 is 22.5 Å². The molecule has 2 heterocycles. The fraction of sp³-hybridized carbons (Fsp3) is 0.526. The molecular weight excluding hydrogens is 396 g/mol. The van der Waals surface area contributed by atoms with Crippen LogP contribution in [0, 0.1) is 0 Å². The SMILES string of the molecule is CC[C@@H](C)NS(=O)(=O)c1ccc2c(c1)N(Cc1noc(C3CCC3)n1)C(=O)CO2. The third-order valence-electron chi connectivity index (χ3n) is 5.39. The van der Waals surface area contributed by atoms with Gasteiger partial charge in [0, 0.05) is 12.0 Å². The van der Waals surface area contributed by atoms with E-state index in [1.807, 2.05) is 6.92 Å². The lowest BCUT2D eigenvalue weighted by atomic mass is 9.85. The number of hydrogen-bond acceptors (Lipinski definition) is 7. The van der Waals surface area contributed by atoms with E-state index in [1.54, 1.807) is 13.0 Å². The van der Waals surface area contributed by atoms with E-state index in [9.17, 15) is 13.2 Å². The Labute approximate surface area is 169 Å². The number of carbonyl (C=O) groups is 1. The first-order valence-corrected chi connectivity index (χ1v) is 11.3. The van der Waals surface area contributed by atoms with Crippen LogP contribution in [0.25, 0.3) is 0 Å². The van der Waals surface area contributed by atoms with Crippen molar-refractivity contribution >= 4 is 21.6 Å². The zero-order valence-corrected chi connectivity index (χ0v) is 17.2. The largest absolute Gasteiger partial charge is 0.482 e. The first-order valence-electron chi connectivity index (χ1n) is 9.79. The molecule has 0 saturated heterocycles. The van der Waals surface area contributed by atoms with Crippen molar-refractivity contribution in [3.8, 4) is 5.75 Å². The van der Waals surface area contributed by atoms with E-state index in [0.717, 1.165) is 19.3 Å². The number of amides is 1. The van der Waals surface area contributed by atoms with Gasteiger partial charge in [0.05, 0.1) is 17.1 Å². The fourth-order valence-electron chi connectivity index (χ4n) is 3.23.